The van der Waals surface area contributed by atoms with Gasteiger partial charge in [0.05, 0.1) is 33.1 Å². The Labute approximate surface area is 97.9 Å². The first-order chi connectivity index (χ1) is 7.02. The molecule has 0 bridgehead atoms. The highest BCUT2D eigenvalue weighted by atomic mass is 32.2. The fourth-order valence-electron chi connectivity index (χ4n) is 0.837. The van der Waals surface area contributed by atoms with Crippen molar-refractivity contribution in [3.05, 3.63) is 29.8 Å². The van der Waals surface area contributed by atoms with Crippen molar-refractivity contribution in [1.29, 1.82) is 0 Å². The summed E-state index contributed by atoms with van der Waals surface area (Å²) in [5, 5.41) is 0. The van der Waals surface area contributed by atoms with Crippen LogP contribution in [0.5, 0.6) is 0 Å². The average Bonchev–Trinajstić information content (AvgIpc) is 1.99. The van der Waals surface area contributed by atoms with Gasteiger partial charge in [0.2, 0.25) is 0 Å². The molecule has 5 heteroatoms. The first kappa shape index (κ1) is 15.1. The molecule has 0 unspecified atom stereocenters. The van der Waals surface area contributed by atoms with E-state index in [1.807, 2.05) is 0 Å². The molecule has 0 radical (unpaired) electrons. The van der Waals surface area contributed by atoms with Gasteiger partial charge >= 0.3 is 0 Å². The molecule has 92 valence electrons. The lowest BCUT2D eigenvalue weighted by atomic mass is 10.2. The highest BCUT2D eigenvalue weighted by molar-refractivity contribution is 7.85. The largest absolute Gasteiger partial charge is 0.744 e. The lowest BCUT2D eigenvalue weighted by Crippen LogP contribution is -2.27. The molecule has 1 rings (SSSR count). The maximum atomic E-state index is 10.5. The minimum atomic E-state index is -4.28. The van der Waals surface area contributed by atoms with Crippen molar-refractivity contribution < 1.29 is 17.5 Å². The van der Waals surface area contributed by atoms with E-state index >= 15 is 0 Å². The minimum absolute atomic E-state index is 0.139. The van der Waals surface area contributed by atoms with Gasteiger partial charge in [-0.15, -0.1) is 0 Å². The molecule has 0 aromatic heterocycles. The number of benzene rings is 1. The van der Waals surface area contributed by atoms with Gasteiger partial charge in [0.25, 0.3) is 0 Å². The Hall–Kier alpha value is -0.910. The summed E-state index contributed by atoms with van der Waals surface area (Å²) in [5.74, 6) is 0. The normalized spacial score (nSPS) is 11.6. The smallest absolute Gasteiger partial charge is 0.124 e. The van der Waals surface area contributed by atoms with Crippen molar-refractivity contribution in [2.24, 2.45) is 0 Å². The molecule has 4 nitrogen and oxygen atoms in total. The second-order valence-electron chi connectivity index (χ2n) is 4.90. The SMILES string of the molecule is C[N+](C)(C)C.Cc1ccccc1S(=O)(=O)[O-]. The monoisotopic (exact) mass is 245 g/mol. The summed E-state index contributed by atoms with van der Waals surface area (Å²) in [4.78, 5) is -0.139. The van der Waals surface area contributed by atoms with Crippen LogP contribution in [-0.2, 0) is 10.1 Å². The Morgan fingerprint density at radius 3 is 1.69 bits per heavy atom. The number of hydrogen-bond donors (Lipinski definition) is 0. The third-order valence-electron chi connectivity index (χ3n) is 1.36. The van der Waals surface area contributed by atoms with E-state index in [1.54, 1.807) is 19.1 Å². The number of hydrogen-bond acceptors (Lipinski definition) is 3. The van der Waals surface area contributed by atoms with Gasteiger partial charge in [0.15, 0.2) is 0 Å². The van der Waals surface area contributed by atoms with Gasteiger partial charge in [-0.3, -0.25) is 0 Å². The van der Waals surface area contributed by atoms with Crippen LogP contribution in [0.15, 0.2) is 29.2 Å². The summed E-state index contributed by atoms with van der Waals surface area (Å²) in [6, 6.07) is 6.10. The van der Waals surface area contributed by atoms with Crippen LogP contribution in [0, 0.1) is 6.92 Å². The van der Waals surface area contributed by atoms with E-state index in [0.29, 0.717) is 5.56 Å². The third-order valence-corrected chi connectivity index (χ3v) is 2.36. The third kappa shape index (κ3) is 7.39. The van der Waals surface area contributed by atoms with Gasteiger partial charge < -0.3 is 9.04 Å². The Bertz CT molecular complexity index is 427. The van der Waals surface area contributed by atoms with Crippen LogP contribution in [0.3, 0.4) is 0 Å². The van der Waals surface area contributed by atoms with E-state index in [-0.39, 0.29) is 4.90 Å². The maximum absolute atomic E-state index is 10.5. The van der Waals surface area contributed by atoms with Gasteiger partial charge in [-0.05, 0) is 18.6 Å². The van der Waals surface area contributed by atoms with Crippen molar-refractivity contribution in [1.82, 2.24) is 0 Å². The first-order valence-electron chi connectivity index (χ1n) is 4.82. The molecular formula is C11H19NO3S. The fourth-order valence-corrected chi connectivity index (χ4v) is 1.54. The molecule has 0 N–H and O–H groups in total. The van der Waals surface area contributed by atoms with Gasteiger partial charge in [-0.1, -0.05) is 18.2 Å². The van der Waals surface area contributed by atoms with Crippen LogP contribution in [0.2, 0.25) is 0 Å². The molecule has 0 saturated heterocycles. The first-order valence-corrected chi connectivity index (χ1v) is 6.23. The zero-order chi connectivity index (χ0) is 13.0. The van der Waals surface area contributed by atoms with Crippen molar-refractivity contribution in [2.45, 2.75) is 11.8 Å². The zero-order valence-corrected chi connectivity index (χ0v) is 11.2. The van der Waals surface area contributed by atoms with Gasteiger partial charge in [-0.25, -0.2) is 8.42 Å². The van der Waals surface area contributed by atoms with E-state index in [2.05, 4.69) is 28.2 Å². The number of aryl methyl sites for hydroxylation is 1. The Morgan fingerprint density at radius 1 is 1.06 bits per heavy atom. The highest BCUT2D eigenvalue weighted by Gasteiger charge is 2.02. The lowest BCUT2D eigenvalue weighted by molar-refractivity contribution is -0.849. The van der Waals surface area contributed by atoms with Gasteiger partial charge in [0.1, 0.15) is 10.1 Å². The minimum Gasteiger partial charge on any atom is -0.744 e. The van der Waals surface area contributed by atoms with Crippen LogP contribution in [0.1, 0.15) is 5.56 Å². The Balaban J connectivity index is 0.000000385. The Kier molecular flexibility index (Phi) is 5.12. The zero-order valence-electron chi connectivity index (χ0n) is 10.4. The molecule has 0 atom stereocenters. The summed E-state index contributed by atoms with van der Waals surface area (Å²) >= 11 is 0. The molecule has 0 fully saturated rings. The summed E-state index contributed by atoms with van der Waals surface area (Å²) in [6.07, 6.45) is 0. The van der Waals surface area contributed by atoms with E-state index in [0.717, 1.165) is 4.48 Å². The molecule has 0 amide bonds. The Morgan fingerprint density at radius 2 is 1.44 bits per heavy atom. The van der Waals surface area contributed by atoms with Crippen molar-refractivity contribution in [3.63, 3.8) is 0 Å². The van der Waals surface area contributed by atoms with Crippen molar-refractivity contribution in [3.8, 4) is 0 Å². The number of quaternary nitrogens is 1. The quantitative estimate of drug-likeness (QED) is 0.552. The van der Waals surface area contributed by atoms with Crippen LogP contribution in [0.25, 0.3) is 0 Å². The highest BCUT2D eigenvalue weighted by Crippen LogP contribution is 2.12. The molecular weight excluding hydrogens is 226 g/mol. The molecule has 0 aliphatic carbocycles. The molecule has 1 aromatic carbocycles. The molecule has 0 heterocycles. The number of rotatable bonds is 1. The predicted octanol–water partition coefficient (Wildman–Crippen LogP) is 1.22. The van der Waals surface area contributed by atoms with E-state index in [9.17, 15) is 13.0 Å². The van der Waals surface area contributed by atoms with Gasteiger partial charge in [0, 0.05) is 0 Å². The lowest BCUT2D eigenvalue weighted by Gasteiger charge is -2.14. The van der Waals surface area contributed by atoms with E-state index in [4.69, 9.17) is 0 Å². The molecule has 0 aliphatic rings. The number of nitrogens with zero attached hydrogens (tertiary/aromatic N) is 1. The van der Waals surface area contributed by atoms with E-state index < -0.39 is 10.1 Å². The van der Waals surface area contributed by atoms with Crippen LogP contribution < -0.4 is 0 Å². The fraction of sp³-hybridized carbons (Fsp3) is 0.455. The summed E-state index contributed by atoms with van der Waals surface area (Å²) in [6.45, 7) is 1.59. The second-order valence-corrected chi connectivity index (χ2v) is 6.25. The van der Waals surface area contributed by atoms with Gasteiger partial charge in [-0.2, -0.15) is 0 Å². The summed E-state index contributed by atoms with van der Waals surface area (Å²) in [5.41, 5.74) is 0.488. The average molecular weight is 245 g/mol. The van der Waals surface area contributed by atoms with Crippen LogP contribution in [0.4, 0.5) is 0 Å². The maximum Gasteiger partial charge on any atom is 0.124 e. The van der Waals surface area contributed by atoms with Crippen molar-refractivity contribution in [2.75, 3.05) is 28.2 Å². The molecule has 1 aromatic rings. The standard InChI is InChI=1S/C7H8O3S.C4H12N/c1-6-4-2-3-5-7(6)11(8,9)10;1-5(2,3)4/h2-5H,1H3,(H,8,9,10);1-4H3/q;+1/p-1. The van der Waals surface area contributed by atoms with E-state index in [1.165, 1.54) is 12.1 Å². The molecule has 0 spiro atoms. The predicted molar refractivity (Wildman–Crippen MR) is 63.1 cm³/mol. The topological polar surface area (TPSA) is 57.2 Å². The molecule has 0 saturated carbocycles. The summed E-state index contributed by atoms with van der Waals surface area (Å²) in [7, 11) is 4.22. The molecule has 16 heavy (non-hydrogen) atoms. The van der Waals surface area contributed by atoms with Crippen LogP contribution >= 0.6 is 0 Å². The second kappa shape index (κ2) is 5.43. The molecule has 0 aliphatic heterocycles. The van der Waals surface area contributed by atoms with Crippen LogP contribution in [-0.4, -0.2) is 45.6 Å². The van der Waals surface area contributed by atoms with Crippen molar-refractivity contribution >= 4 is 10.1 Å². The summed E-state index contributed by atoms with van der Waals surface area (Å²) < 4.78 is 32.5.